The molecule has 21 heavy (non-hydrogen) atoms. The molecule has 1 atom stereocenters. The number of hydrogen-bond donors (Lipinski definition) is 1. The molecule has 3 rings (SSSR count). The van der Waals surface area contributed by atoms with Crippen molar-refractivity contribution in [1.29, 1.82) is 0 Å². The highest BCUT2D eigenvalue weighted by atomic mass is 35.5. The minimum Gasteiger partial charge on any atom is -0.379 e. The Bertz CT molecular complexity index is 539. The van der Waals surface area contributed by atoms with E-state index >= 15 is 0 Å². The number of nitrogens with one attached hydrogen (secondary N) is 1. The van der Waals surface area contributed by atoms with Crippen molar-refractivity contribution >= 4 is 17.5 Å². The maximum absolute atomic E-state index is 14.3. The monoisotopic (exact) mass is 311 g/mol. The van der Waals surface area contributed by atoms with E-state index in [2.05, 4.69) is 5.32 Å². The van der Waals surface area contributed by atoms with Crippen molar-refractivity contribution in [2.45, 2.75) is 43.6 Å². The first kappa shape index (κ1) is 14.8. The zero-order valence-corrected chi connectivity index (χ0v) is 12.6. The van der Waals surface area contributed by atoms with E-state index < -0.39 is 11.2 Å². The number of carbonyl (C=O) groups excluding carboxylic acids is 1. The lowest BCUT2D eigenvalue weighted by atomic mass is 9.63. The molecule has 0 spiro atoms. The van der Waals surface area contributed by atoms with E-state index in [1.54, 1.807) is 12.1 Å². The second kappa shape index (κ2) is 5.93. The van der Waals surface area contributed by atoms with Gasteiger partial charge < -0.3 is 10.1 Å². The number of halogens is 2. The van der Waals surface area contributed by atoms with Crippen molar-refractivity contribution in [3.8, 4) is 0 Å². The molecule has 3 nitrogen and oxygen atoms in total. The zero-order valence-electron chi connectivity index (χ0n) is 11.8. The van der Waals surface area contributed by atoms with Gasteiger partial charge in [-0.25, -0.2) is 4.39 Å². The third-order valence-corrected chi connectivity index (χ3v) is 4.90. The molecule has 1 N–H and O–H groups in total. The number of carbonyl (C=O) groups is 1. The lowest BCUT2D eigenvalue weighted by molar-refractivity contribution is -0.131. The van der Waals surface area contributed by atoms with Crippen LogP contribution in [0.15, 0.2) is 18.2 Å². The van der Waals surface area contributed by atoms with Crippen LogP contribution in [0.2, 0.25) is 5.02 Å². The van der Waals surface area contributed by atoms with E-state index in [-0.39, 0.29) is 17.0 Å². The standard InChI is InChI=1S/C16H19ClFNO2/c17-13-6-1-5-12(14(13)18)16(7-3-8-16)15(20)19-11-4-2-9-21-10-11/h1,5-6,11H,2-4,7-10H2,(H,19,20)/t11-/m1/s1. The van der Waals surface area contributed by atoms with Gasteiger partial charge in [0.15, 0.2) is 0 Å². The van der Waals surface area contributed by atoms with Crippen molar-refractivity contribution in [2.24, 2.45) is 0 Å². The molecule has 1 amide bonds. The summed E-state index contributed by atoms with van der Waals surface area (Å²) >= 11 is 5.87. The molecule has 1 aliphatic heterocycles. The molecule has 1 aliphatic carbocycles. The minimum absolute atomic E-state index is 0.0333. The molecule has 1 saturated heterocycles. The summed E-state index contributed by atoms with van der Waals surface area (Å²) in [6.45, 7) is 1.29. The predicted octanol–water partition coefficient (Wildman–Crippen LogP) is 3.20. The average molecular weight is 312 g/mol. The Morgan fingerprint density at radius 3 is 2.81 bits per heavy atom. The first-order chi connectivity index (χ1) is 10.1. The van der Waals surface area contributed by atoms with Gasteiger partial charge in [0.25, 0.3) is 0 Å². The fourth-order valence-electron chi connectivity index (χ4n) is 3.20. The number of rotatable bonds is 3. The van der Waals surface area contributed by atoms with E-state index in [0.29, 0.717) is 25.0 Å². The highest BCUT2D eigenvalue weighted by molar-refractivity contribution is 6.30. The molecule has 0 bridgehead atoms. The first-order valence-electron chi connectivity index (χ1n) is 7.47. The van der Waals surface area contributed by atoms with Crippen molar-refractivity contribution in [3.05, 3.63) is 34.6 Å². The summed E-state index contributed by atoms with van der Waals surface area (Å²) in [6, 6.07) is 4.93. The van der Waals surface area contributed by atoms with Gasteiger partial charge in [-0.2, -0.15) is 0 Å². The normalized spacial score (nSPS) is 24.2. The maximum Gasteiger partial charge on any atom is 0.231 e. The summed E-state index contributed by atoms with van der Waals surface area (Å²) in [6.07, 6.45) is 4.14. The molecule has 2 aliphatic rings. The third kappa shape index (κ3) is 2.67. The Labute approximate surface area is 128 Å². The maximum atomic E-state index is 14.3. The van der Waals surface area contributed by atoms with Crippen LogP contribution in [-0.4, -0.2) is 25.2 Å². The molecule has 1 aromatic rings. The second-order valence-electron chi connectivity index (χ2n) is 5.92. The molecule has 5 heteroatoms. The Hall–Kier alpha value is -1.13. The van der Waals surface area contributed by atoms with E-state index in [1.807, 2.05) is 0 Å². The fraction of sp³-hybridized carbons (Fsp3) is 0.562. The van der Waals surface area contributed by atoms with Gasteiger partial charge in [0.05, 0.1) is 23.1 Å². The average Bonchev–Trinajstić information content (AvgIpc) is 2.43. The number of hydrogen-bond acceptors (Lipinski definition) is 2. The van der Waals surface area contributed by atoms with Gasteiger partial charge in [0, 0.05) is 12.2 Å². The molecular formula is C16H19ClFNO2. The quantitative estimate of drug-likeness (QED) is 0.931. The Morgan fingerprint density at radius 1 is 1.38 bits per heavy atom. The summed E-state index contributed by atoms with van der Waals surface area (Å²) in [4.78, 5) is 12.7. The van der Waals surface area contributed by atoms with Gasteiger partial charge in [-0.15, -0.1) is 0 Å². The van der Waals surface area contributed by atoms with E-state index in [4.69, 9.17) is 16.3 Å². The highest BCUT2D eigenvalue weighted by Gasteiger charge is 2.48. The molecule has 1 aromatic carbocycles. The van der Waals surface area contributed by atoms with Crippen LogP contribution < -0.4 is 5.32 Å². The largest absolute Gasteiger partial charge is 0.379 e. The SMILES string of the molecule is O=C(N[C@@H]1CCCOC1)C1(c2cccc(Cl)c2F)CCC1. The van der Waals surface area contributed by atoms with Crippen LogP contribution in [0.3, 0.4) is 0 Å². The molecular weight excluding hydrogens is 293 g/mol. The fourth-order valence-corrected chi connectivity index (χ4v) is 3.38. The number of benzene rings is 1. The molecule has 0 unspecified atom stereocenters. The summed E-state index contributed by atoms with van der Waals surface area (Å²) in [7, 11) is 0. The molecule has 1 heterocycles. The van der Waals surface area contributed by atoms with Crippen LogP contribution in [0, 0.1) is 5.82 Å². The van der Waals surface area contributed by atoms with Crippen LogP contribution in [0.25, 0.3) is 0 Å². The van der Waals surface area contributed by atoms with Crippen molar-refractivity contribution in [2.75, 3.05) is 13.2 Å². The van der Waals surface area contributed by atoms with Crippen molar-refractivity contribution in [3.63, 3.8) is 0 Å². The van der Waals surface area contributed by atoms with Gasteiger partial charge in [-0.3, -0.25) is 4.79 Å². The minimum atomic E-state index is -0.758. The summed E-state index contributed by atoms with van der Waals surface area (Å²) in [5.41, 5.74) is -0.331. The van der Waals surface area contributed by atoms with Crippen LogP contribution in [0.4, 0.5) is 4.39 Å². The number of ether oxygens (including phenoxy) is 1. The Balaban J connectivity index is 1.82. The van der Waals surface area contributed by atoms with Gasteiger partial charge in [-0.1, -0.05) is 30.2 Å². The first-order valence-corrected chi connectivity index (χ1v) is 7.84. The molecule has 2 fully saturated rings. The molecule has 0 aromatic heterocycles. The predicted molar refractivity (Wildman–Crippen MR) is 78.9 cm³/mol. The summed E-state index contributed by atoms with van der Waals surface area (Å²) < 4.78 is 19.7. The van der Waals surface area contributed by atoms with Gasteiger partial charge >= 0.3 is 0 Å². The van der Waals surface area contributed by atoms with Gasteiger partial charge in [0.2, 0.25) is 5.91 Å². The molecule has 0 radical (unpaired) electrons. The lowest BCUT2D eigenvalue weighted by Crippen LogP contribution is -2.54. The van der Waals surface area contributed by atoms with Crippen molar-refractivity contribution < 1.29 is 13.9 Å². The van der Waals surface area contributed by atoms with Crippen LogP contribution in [-0.2, 0) is 14.9 Å². The van der Waals surface area contributed by atoms with Crippen LogP contribution in [0.5, 0.6) is 0 Å². The van der Waals surface area contributed by atoms with E-state index in [1.165, 1.54) is 6.07 Å². The smallest absolute Gasteiger partial charge is 0.231 e. The number of amides is 1. The van der Waals surface area contributed by atoms with Crippen LogP contribution >= 0.6 is 11.6 Å². The van der Waals surface area contributed by atoms with Gasteiger partial charge in [0.1, 0.15) is 5.82 Å². The zero-order chi connectivity index (χ0) is 14.9. The molecule has 114 valence electrons. The van der Waals surface area contributed by atoms with E-state index in [9.17, 15) is 9.18 Å². The van der Waals surface area contributed by atoms with Gasteiger partial charge in [-0.05, 0) is 31.7 Å². The lowest BCUT2D eigenvalue weighted by Gasteiger charge is -2.42. The molecule has 1 saturated carbocycles. The van der Waals surface area contributed by atoms with Crippen molar-refractivity contribution in [1.82, 2.24) is 5.32 Å². The Kier molecular flexibility index (Phi) is 4.18. The summed E-state index contributed by atoms with van der Waals surface area (Å²) in [5, 5.41) is 3.11. The second-order valence-corrected chi connectivity index (χ2v) is 6.33. The highest BCUT2D eigenvalue weighted by Crippen LogP contribution is 2.46. The summed E-state index contributed by atoms with van der Waals surface area (Å²) in [5.74, 6) is -0.556. The van der Waals surface area contributed by atoms with E-state index in [0.717, 1.165) is 25.9 Å². The third-order valence-electron chi connectivity index (χ3n) is 4.60. The van der Waals surface area contributed by atoms with Crippen LogP contribution in [0.1, 0.15) is 37.7 Å². The topological polar surface area (TPSA) is 38.3 Å². The Morgan fingerprint density at radius 2 is 2.19 bits per heavy atom.